The Kier molecular flexibility index (Phi) is 4.19. The molecule has 0 saturated carbocycles. The Labute approximate surface area is 87.4 Å². The summed E-state index contributed by atoms with van der Waals surface area (Å²) in [5.74, 6) is 0.672. The summed E-state index contributed by atoms with van der Waals surface area (Å²) in [4.78, 5) is 14.7. The molecule has 0 amide bonds. The van der Waals surface area contributed by atoms with Gasteiger partial charge in [-0.05, 0) is 18.2 Å². The zero-order chi connectivity index (χ0) is 10.4. The number of anilines is 1. The van der Waals surface area contributed by atoms with Crippen molar-refractivity contribution in [2.45, 2.75) is 6.92 Å². The second-order valence-corrected chi connectivity index (χ2v) is 3.92. The number of nitrogen functional groups attached to an aromatic ring is 1. The van der Waals surface area contributed by atoms with Crippen LogP contribution in [-0.2, 0) is 4.79 Å². The summed E-state index contributed by atoms with van der Waals surface area (Å²) in [5.41, 5.74) is 7.09. The van der Waals surface area contributed by atoms with E-state index in [0.29, 0.717) is 11.4 Å². The molecular formula is C10H12N2OS. The first-order valence-electron chi connectivity index (χ1n) is 4.20. The average Bonchev–Trinajstić information content (AvgIpc) is 2.12. The maximum Gasteiger partial charge on any atom is 0.186 e. The average molecular weight is 208 g/mol. The van der Waals surface area contributed by atoms with Crippen LogP contribution in [0.25, 0.3) is 6.08 Å². The monoisotopic (exact) mass is 208 g/mol. The summed E-state index contributed by atoms with van der Waals surface area (Å²) in [7, 11) is 0. The van der Waals surface area contributed by atoms with Crippen molar-refractivity contribution in [3.8, 4) is 0 Å². The molecule has 14 heavy (non-hydrogen) atoms. The Morgan fingerprint density at radius 1 is 1.71 bits per heavy atom. The maximum atomic E-state index is 10.6. The minimum Gasteiger partial charge on any atom is -0.399 e. The van der Waals surface area contributed by atoms with Crippen LogP contribution < -0.4 is 5.73 Å². The SMILES string of the molecule is CC(=O)SCC=Cc1cc(N)ccn1. The number of nitrogens with zero attached hydrogens (tertiary/aromatic N) is 1. The number of rotatable bonds is 3. The number of carbonyl (C=O) groups is 1. The van der Waals surface area contributed by atoms with Gasteiger partial charge in [0.15, 0.2) is 5.12 Å². The first-order valence-corrected chi connectivity index (χ1v) is 5.18. The van der Waals surface area contributed by atoms with Crippen molar-refractivity contribution in [3.05, 3.63) is 30.1 Å². The van der Waals surface area contributed by atoms with Gasteiger partial charge in [0.25, 0.3) is 0 Å². The molecule has 0 atom stereocenters. The topological polar surface area (TPSA) is 56.0 Å². The molecule has 1 rings (SSSR count). The summed E-state index contributed by atoms with van der Waals surface area (Å²) < 4.78 is 0. The van der Waals surface area contributed by atoms with Crippen LogP contribution in [0.3, 0.4) is 0 Å². The lowest BCUT2D eigenvalue weighted by atomic mass is 10.3. The third kappa shape index (κ3) is 4.09. The van der Waals surface area contributed by atoms with E-state index in [2.05, 4.69) is 4.98 Å². The van der Waals surface area contributed by atoms with Crippen molar-refractivity contribution in [1.82, 2.24) is 4.98 Å². The van der Waals surface area contributed by atoms with E-state index in [-0.39, 0.29) is 5.12 Å². The lowest BCUT2D eigenvalue weighted by Crippen LogP contribution is -1.87. The van der Waals surface area contributed by atoms with Crippen molar-refractivity contribution in [2.24, 2.45) is 0 Å². The minimum absolute atomic E-state index is 0.121. The second kappa shape index (κ2) is 5.44. The van der Waals surface area contributed by atoms with E-state index in [0.717, 1.165) is 5.69 Å². The summed E-state index contributed by atoms with van der Waals surface area (Å²) in [6.07, 6.45) is 5.41. The van der Waals surface area contributed by atoms with E-state index < -0.39 is 0 Å². The number of hydrogen-bond donors (Lipinski definition) is 1. The van der Waals surface area contributed by atoms with Crippen LogP contribution in [0.1, 0.15) is 12.6 Å². The molecule has 1 aromatic heterocycles. The van der Waals surface area contributed by atoms with Crippen LogP contribution in [0.5, 0.6) is 0 Å². The summed E-state index contributed by atoms with van der Waals surface area (Å²) in [6.45, 7) is 1.55. The molecule has 0 aliphatic carbocycles. The maximum absolute atomic E-state index is 10.6. The molecule has 4 heteroatoms. The first kappa shape index (κ1) is 10.8. The zero-order valence-corrected chi connectivity index (χ0v) is 8.75. The van der Waals surface area contributed by atoms with Gasteiger partial charge in [0.2, 0.25) is 0 Å². The van der Waals surface area contributed by atoms with E-state index in [9.17, 15) is 4.79 Å². The Morgan fingerprint density at radius 2 is 2.50 bits per heavy atom. The van der Waals surface area contributed by atoms with Crippen LogP contribution in [0.2, 0.25) is 0 Å². The standard InChI is InChI=1S/C10H12N2OS/c1-8(13)14-6-2-3-10-7-9(11)4-5-12-10/h2-5,7H,6H2,1H3,(H2,11,12). The van der Waals surface area contributed by atoms with Gasteiger partial charge in [-0.1, -0.05) is 17.8 Å². The first-order chi connectivity index (χ1) is 6.68. The van der Waals surface area contributed by atoms with Gasteiger partial charge in [-0.3, -0.25) is 9.78 Å². The van der Waals surface area contributed by atoms with Crippen molar-refractivity contribution < 1.29 is 4.79 Å². The molecule has 0 unspecified atom stereocenters. The molecule has 3 nitrogen and oxygen atoms in total. The number of aromatic nitrogens is 1. The summed E-state index contributed by atoms with van der Waals surface area (Å²) in [5, 5.41) is 0.121. The zero-order valence-electron chi connectivity index (χ0n) is 7.93. The molecule has 1 aromatic rings. The number of thioether (sulfide) groups is 1. The molecule has 0 bridgehead atoms. The van der Waals surface area contributed by atoms with Crippen LogP contribution in [0.4, 0.5) is 5.69 Å². The largest absolute Gasteiger partial charge is 0.399 e. The number of hydrogen-bond acceptors (Lipinski definition) is 4. The van der Waals surface area contributed by atoms with E-state index in [1.807, 2.05) is 12.2 Å². The van der Waals surface area contributed by atoms with E-state index in [4.69, 9.17) is 5.73 Å². The second-order valence-electron chi connectivity index (χ2n) is 2.72. The summed E-state index contributed by atoms with van der Waals surface area (Å²) >= 11 is 1.27. The van der Waals surface area contributed by atoms with Crippen molar-refractivity contribution in [2.75, 3.05) is 11.5 Å². The molecule has 0 aliphatic rings. The minimum atomic E-state index is 0.121. The predicted octanol–water partition coefficient (Wildman–Crippen LogP) is 1.96. The van der Waals surface area contributed by atoms with Gasteiger partial charge in [0.1, 0.15) is 0 Å². The van der Waals surface area contributed by atoms with Crippen LogP contribution in [0.15, 0.2) is 24.4 Å². The van der Waals surface area contributed by atoms with Crippen molar-refractivity contribution in [3.63, 3.8) is 0 Å². The third-order valence-electron chi connectivity index (χ3n) is 1.48. The Morgan fingerprint density at radius 3 is 3.14 bits per heavy atom. The quantitative estimate of drug-likeness (QED) is 0.825. The number of carbonyl (C=O) groups excluding carboxylic acids is 1. The van der Waals surface area contributed by atoms with Gasteiger partial charge in [-0.2, -0.15) is 0 Å². The van der Waals surface area contributed by atoms with Gasteiger partial charge in [0.05, 0.1) is 5.69 Å². The highest BCUT2D eigenvalue weighted by Crippen LogP contribution is 2.06. The van der Waals surface area contributed by atoms with Gasteiger partial charge in [-0.25, -0.2) is 0 Å². The Balaban J connectivity index is 2.47. The lowest BCUT2D eigenvalue weighted by molar-refractivity contribution is -0.109. The molecule has 1 heterocycles. The smallest absolute Gasteiger partial charge is 0.186 e. The van der Waals surface area contributed by atoms with Gasteiger partial charge in [-0.15, -0.1) is 0 Å². The van der Waals surface area contributed by atoms with Crippen LogP contribution >= 0.6 is 11.8 Å². The normalized spacial score (nSPS) is 10.6. The van der Waals surface area contributed by atoms with Crippen molar-refractivity contribution in [1.29, 1.82) is 0 Å². The van der Waals surface area contributed by atoms with Crippen LogP contribution in [0, 0.1) is 0 Å². The lowest BCUT2D eigenvalue weighted by Gasteiger charge is -1.94. The van der Waals surface area contributed by atoms with Crippen molar-refractivity contribution >= 4 is 28.6 Å². The molecule has 0 aromatic carbocycles. The highest BCUT2D eigenvalue weighted by atomic mass is 32.2. The van der Waals surface area contributed by atoms with Crippen LogP contribution in [-0.4, -0.2) is 15.9 Å². The molecule has 0 aliphatic heterocycles. The molecular weight excluding hydrogens is 196 g/mol. The molecule has 0 radical (unpaired) electrons. The predicted molar refractivity (Wildman–Crippen MR) is 60.8 cm³/mol. The van der Waals surface area contributed by atoms with E-state index in [1.54, 1.807) is 25.3 Å². The van der Waals surface area contributed by atoms with E-state index in [1.165, 1.54) is 11.8 Å². The molecule has 74 valence electrons. The summed E-state index contributed by atoms with van der Waals surface area (Å²) in [6, 6.07) is 3.52. The fourth-order valence-electron chi connectivity index (χ4n) is 0.891. The number of nitrogens with two attached hydrogens (primary N) is 1. The Bertz CT molecular complexity index is 350. The molecule has 0 spiro atoms. The highest BCUT2D eigenvalue weighted by Gasteiger charge is 1.91. The molecule has 0 fully saturated rings. The Hall–Kier alpha value is -1.29. The fourth-order valence-corrected chi connectivity index (χ4v) is 1.32. The fraction of sp³-hybridized carbons (Fsp3) is 0.200. The van der Waals surface area contributed by atoms with Gasteiger partial charge >= 0.3 is 0 Å². The van der Waals surface area contributed by atoms with E-state index >= 15 is 0 Å². The molecule has 2 N–H and O–H groups in total. The third-order valence-corrected chi connectivity index (χ3v) is 2.24. The van der Waals surface area contributed by atoms with Gasteiger partial charge < -0.3 is 5.73 Å². The van der Waals surface area contributed by atoms with Gasteiger partial charge in [0, 0.05) is 24.6 Å². The number of pyridine rings is 1. The molecule has 0 saturated heterocycles. The highest BCUT2D eigenvalue weighted by molar-refractivity contribution is 8.13.